The molecule has 2 nitrogen and oxygen atoms in total. The molecule has 1 aliphatic rings. The standard InChI is InChI=1S/C13H16O2/c14-12-5-1-10(2-6-12)9-11-3-7-13(15)8-4-11/h1-3,5-6,13-15H,4,7-9H2. The van der Waals surface area contributed by atoms with Crippen LogP contribution in [-0.4, -0.2) is 16.3 Å². The van der Waals surface area contributed by atoms with Gasteiger partial charge in [0.05, 0.1) is 6.10 Å². The van der Waals surface area contributed by atoms with E-state index >= 15 is 0 Å². The number of hydrogen-bond donors (Lipinski definition) is 2. The molecule has 1 aliphatic carbocycles. The number of aliphatic hydroxyl groups is 1. The maximum Gasteiger partial charge on any atom is 0.115 e. The monoisotopic (exact) mass is 204 g/mol. The topological polar surface area (TPSA) is 40.5 Å². The number of phenols is 1. The van der Waals surface area contributed by atoms with Crippen LogP contribution in [0, 0.1) is 0 Å². The Labute approximate surface area is 89.9 Å². The van der Waals surface area contributed by atoms with Gasteiger partial charge in [0.25, 0.3) is 0 Å². The van der Waals surface area contributed by atoms with E-state index in [4.69, 9.17) is 5.11 Å². The van der Waals surface area contributed by atoms with Gasteiger partial charge in [0.1, 0.15) is 5.75 Å². The first-order valence-corrected chi connectivity index (χ1v) is 5.38. The summed E-state index contributed by atoms with van der Waals surface area (Å²) < 4.78 is 0. The van der Waals surface area contributed by atoms with Crippen molar-refractivity contribution in [3.8, 4) is 5.75 Å². The first-order valence-electron chi connectivity index (χ1n) is 5.38. The first-order chi connectivity index (χ1) is 7.24. The molecule has 1 aromatic carbocycles. The van der Waals surface area contributed by atoms with E-state index in [-0.39, 0.29) is 6.10 Å². The molecular weight excluding hydrogens is 188 g/mol. The van der Waals surface area contributed by atoms with Gasteiger partial charge in [-0.1, -0.05) is 23.8 Å². The highest BCUT2D eigenvalue weighted by atomic mass is 16.3. The van der Waals surface area contributed by atoms with Crippen LogP contribution in [0.3, 0.4) is 0 Å². The largest absolute Gasteiger partial charge is 0.508 e. The van der Waals surface area contributed by atoms with Crippen LogP contribution in [0.1, 0.15) is 24.8 Å². The molecule has 1 aromatic rings. The summed E-state index contributed by atoms with van der Waals surface area (Å²) in [5, 5.41) is 18.5. The molecule has 1 unspecified atom stereocenters. The molecule has 2 N–H and O–H groups in total. The fourth-order valence-corrected chi connectivity index (χ4v) is 1.91. The van der Waals surface area contributed by atoms with Gasteiger partial charge in [0, 0.05) is 0 Å². The number of benzene rings is 1. The van der Waals surface area contributed by atoms with Crippen molar-refractivity contribution in [1.82, 2.24) is 0 Å². The highest BCUT2D eigenvalue weighted by Crippen LogP contribution is 2.22. The second kappa shape index (κ2) is 4.49. The molecule has 1 atom stereocenters. The summed E-state index contributed by atoms with van der Waals surface area (Å²) in [6.45, 7) is 0. The molecule has 0 bridgehead atoms. The lowest BCUT2D eigenvalue weighted by Crippen LogP contribution is -2.11. The second-order valence-electron chi connectivity index (χ2n) is 4.13. The van der Waals surface area contributed by atoms with Crippen molar-refractivity contribution in [3.05, 3.63) is 41.5 Å². The summed E-state index contributed by atoms with van der Waals surface area (Å²) >= 11 is 0. The molecule has 80 valence electrons. The number of hydrogen-bond acceptors (Lipinski definition) is 2. The molecule has 2 heteroatoms. The van der Waals surface area contributed by atoms with E-state index in [0.717, 1.165) is 25.7 Å². The van der Waals surface area contributed by atoms with E-state index in [2.05, 4.69) is 6.08 Å². The summed E-state index contributed by atoms with van der Waals surface area (Å²) in [4.78, 5) is 0. The zero-order chi connectivity index (χ0) is 10.7. The summed E-state index contributed by atoms with van der Waals surface area (Å²) in [5.74, 6) is 0.312. The number of aliphatic hydroxyl groups excluding tert-OH is 1. The van der Waals surface area contributed by atoms with Gasteiger partial charge in [-0.25, -0.2) is 0 Å². The van der Waals surface area contributed by atoms with Crippen LogP contribution in [0.25, 0.3) is 0 Å². The molecule has 0 fully saturated rings. The van der Waals surface area contributed by atoms with E-state index < -0.39 is 0 Å². The minimum atomic E-state index is -0.145. The number of rotatable bonds is 2. The zero-order valence-electron chi connectivity index (χ0n) is 8.69. The lowest BCUT2D eigenvalue weighted by molar-refractivity contribution is 0.162. The lowest BCUT2D eigenvalue weighted by Gasteiger charge is -2.17. The van der Waals surface area contributed by atoms with Crippen molar-refractivity contribution in [2.75, 3.05) is 0 Å². The highest BCUT2D eigenvalue weighted by Gasteiger charge is 2.11. The number of allylic oxidation sites excluding steroid dienone is 1. The first kappa shape index (κ1) is 10.2. The van der Waals surface area contributed by atoms with Crippen molar-refractivity contribution in [2.24, 2.45) is 0 Å². The predicted octanol–water partition coefficient (Wildman–Crippen LogP) is 2.41. The van der Waals surface area contributed by atoms with Gasteiger partial charge in [0.2, 0.25) is 0 Å². The highest BCUT2D eigenvalue weighted by molar-refractivity contribution is 5.29. The van der Waals surface area contributed by atoms with Crippen LogP contribution in [0.5, 0.6) is 5.75 Å². The van der Waals surface area contributed by atoms with E-state index in [1.165, 1.54) is 11.1 Å². The molecule has 0 saturated heterocycles. The van der Waals surface area contributed by atoms with Gasteiger partial charge in [-0.2, -0.15) is 0 Å². The third kappa shape index (κ3) is 2.83. The maximum atomic E-state index is 9.35. The van der Waals surface area contributed by atoms with Gasteiger partial charge in [0.15, 0.2) is 0 Å². The Kier molecular flexibility index (Phi) is 3.07. The Morgan fingerprint density at radius 3 is 2.53 bits per heavy atom. The van der Waals surface area contributed by atoms with Crippen LogP contribution in [0.4, 0.5) is 0 Å². The molecule has 0 spiro atoms. The van der Waals surface area contributed by atoms with Crippen LogP contribution in [0.15, 0.2) is 35.9 Å². The summed E-state index contributed by atoms with van der Waals surface area (Å²) in [7, 11) is 0. The van der Waals surface area contributed by atoms with Crippen LogP contribution in [-0.2, 0) is 6.42 Å². The SMILES string of the molecule is Oc1ccc(CC2=CCC(O)CC2)cc1. The molecule has 15 heavy (non-hydrogen) atoms. The molecule has 0 heterocycles. The van der Waals surface area contributed by atoms with Gasteiger partial charge in [-0.3, -0.25) is 0 Å². The van der Waals surface area contributed by atoms with Crippen molar-refractivity contribution in [1.29, 1.82) is 0 Å². The van der Waals surface area contributed by atoms with Crippen LogP contribution >= 0.6 is 0 Å². The molecule has 0 saturated carbocycles. The predicted molar refractivity (Wildman–Crippen MR) is 59.8 cm³/mol. The minimum Gasteiger partial charge on any atom is -0.508 e. The summed E-state index contributed by atoms with van der Waals surface area (Å²) in [6.07, 6.45) is 5.58. The molecule has 2 rings (SSSR count). The fraction of sp³-hybridized carbons (Fsp3) is 0.385. The van der Waals surface area contributed by atoms with Crippen LogP contribution in [0.2, 0.25) is 0 Å². The Bertz CT molecular complexity index is 351. The van der Waals surface area contributed by atoms with Gasteiger partial charge < -0.3 is 10.2 Å². The van der Waals surface area contributed by atoms with Crippen molar-refractivity contribution >= 4 is 0 Å². The van der Waals surface area contributed by atoms with E-state index in [0.29, 0.717) is 5.75 Å². The van der Waals surface area contributed by atoms with E-state index in [1.807, 2.05) is 12.1 Å². The average molecular weight is 204 g/mol. The zero-order valence-corrected chi connectivity index (χ0v) is 8.69. The Morgan fingerprint density at radius 2 is 1.93 bits per heavy atom. The lowest BCUT2D eigenvalue weighted by atomic mass is 9.92. The van der Waals surface area contributed by atoms with Crippen molar-refractivity contribution < 1.29 is 10.2 Å². The molecule has 0 amide bonds. The van der Waals surface area contributed by atoms with Gasteiger partial charge in [-0.15, -0.1) is 0 Å². The van der Waals surface area contributed by atoms with Crippen LogP contribution < -0.4 is 0 Å². The second-order valence-corrected chi connectivity index (χ2v) is 4.13. The average Bonchev–Trinajstić information content (AvgIpc) is 2.25. The maximum absolute atomic E-state index is 9.35. The fourth-order valence-electron chi connectivity index (χ4n) is 1.91. The molecule has 0 radical (unpaired) electrons. The van der Waals surface area contributed by atoms with Gasteiger partial charge >= 0.3 is 0 Å². The molecular formula is C13H16O2. The Balaban J connectivity index is 2.00. The van der Waals surface area contributed by atoms with Crippen molar-refractivity contribution in [3.63, 3.8) is 0 Å². The number of aromatic hydroxyl groups is 1. The minimum absolute atomic E-state index is 0.145. The Hall–Kier alpha value is -1.28. The third-order valence-corrected chi connectivity index (χ3v) is 2.84. The third-order valence-electron chi connectivity index (χ3n) is 2.84. The quantitative estimate of drug-likeness (QED) is 0.726. The molecule has 0 aliphatic heterocycles. The van der Waals surface area contributed by atoms with Crippen molar-refractivity contribution in [2.45, 2.75) is 31.8 Å². The van der Waals surface area contributed by atoms with Gasteiger partial charge in [-0.05, 0) is 43.4 Å². The number of phenolic OH excluding ortho intramolecular Hbond substituents is 1. The molecule has 0 aromatic heterocycles. The normalized spacial score (nSPS) is 21.1. The summed E-state index contributed by atoms with van der Waals surface area (Å²) in [5.41, 5.74) is 2.61. The smallest absolute Gasteiger partial charge is 0.115 e. The Morgan fingerprint density at radius 1 is 1.20 bits per heavy atom. The van der Waals surface area contributed by atoms with E-state index in [1.54, 1.807) is 12.1 Å². The summed E-state index contributed by atoms with van der Waals surface area (Å²) in [6, 6.07) is 7.32. The van der Waals surface area contributed by atoms with E-state index in [9.17, 15) is 5.11 Å².